The van der Waals surface area contributed by atoms with Crippen molar-refractivity contribution in [3.63, 3.8) is 0 Å². The van der Waals surface area contributed by atoms with E-state index in [9.17, 15) is 0 Å². The van der Waals surface area contributed by atoms with Crippen LogP contribution in [0.1, 0.15) is 0 Å². The van der Waals surface area contributed by atoms with E-state index in [2.05, 4.69) is 37.5 Å². The van der Waals surface area contributed by atoms with E-state index in [1.807, 2.05) is 29.6 Å². The summed E-state index contributed by atoms with van der Waals surface area (Å²) in [4.78, 5) is 13.2. The van der Waals surface area contributed by atoms with E-state index in [0.717, 1.165) is 19.6 Å². The number of thiophene rings is 1. The molecule has 0 saturated carbocycles. The Bertz CT molecular complexity index is 636. The van der Waals surface area contributed by atoms with Gasteiger partial charge in [0.15, 0.2) is 5.82 Å². The van der Waals surface area contributed by atoms with E-state index in [-0.39, 0.29) is 0 Å². The minimum atomic E-state index is 0.691. The minimum Gasteiger partial charge on any atom is -0.253 e. The number of hydrogen-bond donors (Lipinski definition) is 0. The molecular formula is C11H6IN3S. The summed E-state index contributed by atoms with van der Waals surface area (Å²) in [5, 5.41) is 2.03. The largest absolute Gasteiger partial charge is 0.253 e. The molecule has 0 atom stereocenters. The standard InChI is InChI=1S/C11H6IN3S/c12-10-9-7(4-6-16-9)14-11(15-10)8-3-1-2-5-13-8/h1-6H. The summed E-state index contributed by atoms with van der Waals surface area (Å²) < 4.78 is 2.12. The first-order chi connectivity index (χ1) is 7.84. The zero-order valence-corrected chi connectivity index (χ0v) is 11.1. The molecule has 0 amide bonds. The molecule has 0 bridgehead atoms. The van der Waals surface area contributed by atoms with Crippen molar-refractivity contribution in [3.05, 3.63) is 39.5 Å². The molecule has 0 aliphatic carbocycles. The first-order valence-electron chi connectivity index (χ1n) is 4.67. The summed E-state index contributed by atoms with van der Waals surface area (Å²) in [5.74, 6) is 0.691. The summed E-state index contributed by atoms with van der Waals surface area (Å²) in [6.45, 7) is 0. The van der Waals surface area contributed by atoms with Gasteiger partial charge in [0, 0.05) is 6.20 Å². The van der Waals surface area contributed by atoms with E-state index in [4.69, 9.17) is 0 Å². The van der Waals surface area contributed by atoms with E-state index < -0.39 is 0 Å². The predicted octanol–water partition coefficient (Wildman–Crippen LogP) is 3.36. The molecule has 0 saturated heterocycles. The third kappa shape index (κ3) is 1.69. The number of nitrogens with zero attached hydrogens (tertiary/aromatic N) is 3. The highest BCUT2D eigenvalue weighted by atomic mass is 127. The van der Waals surface area contributed by atoms with Crippen LogP contribution in [0.15, 0.2) is 35.8 Å². The SMILES string of the molecule is Ic1nc(-c2ccccn2)nc2ccsc12. The quantitative estimate of drug-likeness (QED) is 0.504. The predicted molar refractivity (Wildman–Crippen MR) is 73.4 cm³/mol. The smallest absolute Gasteiger partial charge is 0.179 e. The highest BCUT2D eigenvalue weighted by Gasteiger charge is 2.08. The van der Waals surface area contributed by atoms with Gasteiger partial charge in [-0.2, -0.15) is 0 Å². The van der Waals surface area contributed by atoms with Crippen molar-refractivity contribution in [2.75, 3.05) is 0 Å². The van der Waals surface area contributed by atoms with Gasteiger partial charge in [-0.1, -0.05) is 6.07 Å². The van der Waals surface area contributed by atoms with Crippen LogP contribution in [0.5, 0.6) is 0 Å². The lowest BCUT2D eigenvalue weighted by atomic mass is 10.3. The molecule has 0 fully saturated rings. The zero-order chi connectivity index (χ0) is 11.0. The molecule has 0 aromatic carbocycles. The number of aromatic nitrogens is 3. The molecule has 3 aromatic rings. The van der Waals surface area contributed by atoms with E-state index in [1.54, 1.807) is 17.5 Å². The van der Waals surface area contributed by atoms with Gasteiger partial charge in [-0.25, -0.2) is 9.97 Å². The van der Waals surface area contributed by atoms with E-state index in [0.29, 0.717) is 5.82 Å². The first-order valence-corrected chi connectivity index (χ1v) is 6.62. The second kappa shape index (κ2) is 4.06. The molecule has 3 heterocycles. The van der Waals surface area contributed by atoms with Gasteiger partial charge < -0.3 is 0 Å². The molecule has 0 spiro atoms. The summed E-state index contributed by atoms with van der Waals surface area (Å²) in [7, 11) is 0. The summed E-state index contributed by atoms with van der Waals surface area (Å²) in [5.41, 5.74) is 1.80. The van der Waals surface area contributed by atoms with Gasteiger partial charge in [-0.15, -0.1) is 11.3 Å². The van der Waals surface area contributed by atoms with Crippen molar-refractivity contribution in [3.8, 4) is 11.5 Å². The molecule has 16 heavy (non-hydrogen) atoms. The van der Waals surface area contributed by atoms with E-state index in [1.165, 1.54) is 0 Å². The Kier molecular flexibility index (Phi) is 2.56. The molecule has 5 heteroatoms. The van der Waals surface area contributed by atoms with Gasteiger partial charge in [0.1, 0.15) is 9.39 Å². The van der Waals surface area contributed by atoms with Gasteiger partial charge in [0.2, 0.25) is 0 Å². The Hall–Kier alpha value is -1.08. The minimum absolute atomic E-state index is 0.691. The van der Waals surface area contributed by atoms with Gasteiger partial charge in [-0.05, 0) is 46.2 Å². The van der Waals surface area contributed by atoms with Gasteiger partial charge >= 0.3 is 0 Å². The van der Waals surface area contributed by atoms with Crippen molar-refractivity contribution < 1.29 is 0 Å². The molecule has 3 rings (SSSR count). The van der Waals surface area contributed by atoms with Crippen molar-refractivity contribution in [1.82, 2.24) is 15.0 Å². The Morgan fingerprint density at radius 2 is 2.06 bits per heavy atom. The van der Waals surface area contributed by atoms with Crippen LogP contribution in [-0.2, 0) is 0 Å². The van der Waals surface area contributed by atoms with Crippen molar-refractivity contribution in [2.24, 2.45) is 0 Å². The average Bonchev–Trinajstić information content (AvgIpc) is 2.79. The third-order valence-corrected chi connectivity index (χ3v) is 4.21. The highest BCUT2D eigenvalue weighted by Crippen LogP contribution is 2.25. The lowest BCUT2D eigenvalue weighted by molar-refractivity contribution is 1.16. The maximum absolute atomic E-state index is 4.50. The van der Waals surface area contributed by atoms with Crippen molar-refractivity contribution in [1.29, 1.82) is 0 Å². The second-order valence-electron chi connectivity index (χ2n) is 3.19. The fourth-order valence-corrected chi connectivity index (χ4v) is 3.03. The molecule has 0 aliphatic rings. The maximum Gasteiger partial charge on any atom is 0.179 e. The van der Waals surface area contributed by atoms with Crippen LogP contribution in [0.4, 0.5) is 0 Å². The maximum atomic E-state index is 4.50. The molecule has 0 radical (unpaired) electrons. The molecule has 0 aliphatic heterocycles. The topological polar surface area (TPSA) is 38.7 Å². The Balaban J connectivity index is 2.25. The number of hydrogen-bond acceptors (Lipinski definition) is 4. The fraction of sp³-hybridized carbons (Fsp3) is 0. The highest BCUT2D eigenvalue weighted by molar-refractivity contribution is 14.1. The van der Waals surface area contributed by atoms with Crippen LogP contribution in [0.25, 0.3) is 21.7 Å². The number of pyridine rings is 1. The van der Waals surface area contributed by atoms with Crippen LogP contribution in [0.3, 0.4) is 0 Å². The van der Waals surface area contributed by atoms with Crippen molar-refractivity contribution in [2.45, 2.75) is 0 Å². The Morgan fingerprint density at radius 1 is 1.12 bits per heavy atom. The van der Waals surface area contributed by atoms with Crippen LogP contribution < -0.4 is 0 Å². The van der Waals surface area contributed by atoms with Gasteiger partial charge in [0.25, 0.3) is 0 Å². The molecule has 3 nitrogen and oxygen atoms in total. The van der Waals surface area contributed by atoms with Crippen LogP contribution in [-0.4, -0.2) is 15.0 Å². The lowest BCUT2D eigenvalue weighted by Gasteiger charge is -2.00. The number of halogens is 1. The molecular weight excluding hydrogens is 333 g/mol. The van der Waals surface area contributed by atoms with Crippen LogP contribution in [0, 0.1) is 3.70 Å². The summed E-state index contributed by atoms with van der Waals surface area (Å²) in [6.07, 6.45) is 1.75. The second-order valence-corrected chi connectivity index (χ2v) is 5.13. The molecule has 0 unspecified atom stereocenters. The summed E-state index contributed by atoms with van der Waals surface area (Å²) in [6, 6.07) is 7.76. The number of rotatable bonds is 1. The monoisotopic (exact) mass is 339 g/mol. The molecule has 78 valence electrons. The normalized spacial score (nSPS) is 10.8. The van der Waals surface area contributed by atoms with Crippen molar-refractivity contribution >= 4 is 44.1 Å². The average molecular weight is 339 g/mol. The fourth-order valence-electron chi connectivity index (χ4n) is 1.44. The number of fused-ring (bicyclic) bond motifs is 1. The molecule has 3 aromatic heterocycles. The van der Waals surface area contributed by atoms with Gasteiger partial charge in [-0.3, -0.25) is 4.98 Å². The van der Waals surface area contributed by atoms with Crippen LogP contribution in [0.2, 0.25) is 0 Å². The lowest BCUT2D eigenvalue weighted by Crippen LogP contribution is -1.93. The Morgan fingerprint density at radius 3 is 2.88 bits per heavy atom. The molecule has 0 N–H and O–H groups in total. The summed E-state index contributed by atoms with van der Waals surface area (Å²) >= 11 is 3.90. The Labute approximate surface area is 110 Å². The van der Waals surface area contributed by atoms with Crippen LogP contribution >= 0.6 is 33.9 Å². The van der Waals surface area contributed by atoms with Gasteiger partial charge in [0.05, 0.1) is 10.2 Å². The zero-order valence-electron chi connectivity index (χ0n) is 8.09. The first kappa shape index (κ1) is 10.1. The van der Waals surface area contributed by atoms with E-state index >= 15 is 0 Å². The third-order valence-electron chi connectivity index (χ3n) is 2.16.